The third-order valence-corrected chi connectivity index (χ3v) is 9.30. The number of unbranched alkanes of at least 4 members (excludes halogenated alkanes) is 2. The highest BCUT2D eigenvalue weighted by molar-refractivity contribution is 6.08. The van der Waals surface area contributed by atoms with E-state index >= 15 is 0 Å². The minimum Gasteiger partial charge on any atom is -0.394 e. The first-order valence-electron chi connectivity index (χ1n) is 16.8. The fraction of sp³-hybridized carbons (Fsp3) is 0.611. The molecule has 2 amide bonds. The maximum atomic E-state index is 14.1. The molecule has 1 fully saturated rings. The average molecular weight is 640 g/mol. The molecule has 0 spiro atoms. The summed E-state index contributed by atoms with van der Waals surface area (Å²) in [5, 5.41) is 8.65. The van der Waals surface area contributed by atoms with Gasteiger partial charge in [-0.2, -0.15) is 0 Å². The van der Waals surface area contributed by atoms with Crippen LogP contribution in [-0.4, -0.2) is 114 Å². The van der Waals surface area contributed by atoms with Crippen molar-refractivity contribution in [2.24, 2.45) is 11.8 Å². The molecule has 0 radical (unpaired) electrons. The van der Waals surface area contributed by atoms with Crippen LogP contribution in [-0.2, 0) is 43.4 Å². The Morgan fingerprint density at radius 1 is 0.652 bits per heavy atom. The van der Waals surface area contributed by atoms with Crippen molar-refractivity contribution in [2.45, 2.75) is 37.5 Å². The van der Waals surface area contributed by atoms with Gasteiger partial charge in [0.05, 0.1) is 103 Å². The van der Waals surface area contributed by atoms with Gasteiger partial charge in [0.1, 0.15) is 0 Å². The molecule has 0 unspecified atom stereocenters. The predicted molar refractivity (Wildman–Crippen MR) is 171 cm³/mol. The highest BCUT2D eigenvalue weighted by atomic mass is 16.6. The Labute approximate surface area is 272 Å². The first-order valence-corrected chi connectivity index (χ1v) is 16.8. The summed E-state index contributed by atoms with van der Waals surface area (Å²) < 4.78 is 33.7. The lowest BCUT2D eigenvalue weighted by Crippen LogP contribution is -2.56. The SMILES string of the molecule is CCCCCN1C(=O)[C@H]2C3c4ccccc4C(COCCOCCOCCOCCOCCOCCO)(c4ccccc43)[C@H]2C1=O. The number of nitrogens with zero attached hydrogens (tertiary/aromatic N) is 1. The minimum atomic E-state index is -0.735. The van der Waals surface area contributed by atoms with E-state index in [-0.39, 0.29) is 24.3 Å². The maximum Gasteiger partial charge on any atom is 0.234 e. The van der Waals surface area contributed by atoms with E-state index in [0.29, 0.717) is 85.8 Å². The number of hydrogen-bond donors (Lipinski definition) is 1. The van der Waals surface area contributed by atoms with Crippen LogP contribution in [0.1, 0.15) is 54.4 Å². The Hall–Kier alpha value is -2.70. The molecule has 4 aliphatic rings. The zero-order valence-electron chi connectivity index (χ0n) is 27.0. The van der Waals surface area contributed by atoms with Gasteiger partial charge in [0.25, 0.3) is 0 Å². The lowest BCUT2D eigenvalue weighted by atomic mass is 9.47. The Kier molecular flexibility index (Phi) is 13.1. The summed E-state index contributed by atoms with van der Waals surface area (Å²) in [5.41, 5.74) is 3.74. The molecule has 2 bridgehead atoms. The van der Waals surface area contributed by atoms with Crippen LogP contribution in [0.5, 0.6) is 0 Å². The van der Waals surface area contributed by atoms with Crippen molar-refractivity contribution >= 4 is 11.8 Å². The molecular formula is C36H49NO9. The van der Waals surface area contributed by atoms with E-state index in [1.165, 1.54) is 0 Å². The van der Waals surface area contributed by atoms with Gasteiger partial charge in [0, 0.05) is 12.5 Å². The summed E-state index contributed by atoms with van der Waals surface area (Å²) in [7, 11) is 0. The number of benzene rings is 2. The Morgan fingerprint density at radius 2 is 1.13 bits per heavy atom. The standard InChI is InChI=1S/C36H49NO9/c1-2-3-8-13-37-34(39)32-31-27-9-4-6-11-29(27)36(33(32)35(37)40,30-12-7-5-10-28(30)31)26-46-25-24-45-23-22-44-21-20-43-19-18-42-17-16-41-15-14-38/h4-7,9-12,31-33,38H,2-3,8,13-26H2,1H3/t31?,32-,33+,36?/m0/s1. The van der Waals surface area contributed by atoms with Crippen molar-refractivity contribution in [2.75, 3.05) is 92.4 Å². The second kappa shape index (κ2) is 17.5. The van der Waals surface area contributed by atoms with Gasteiger partial charge < -0.3 is 33.5 Å². The molecule has 252 valence electrons. The molecular weight excluding hydrogens is 590 g/mol. The number of ether oxygens (including phenoxy) is 6. The fourth-order valence-corrected chi connectivity index (χ4v) is 7.37. The second-order valence-electron chi connectivity index (χ2n) is 12.0. The van der Waals surface area contributed by atoms with Crippen molar-refractivity contribution in [1.82, 2.24) is 4.90 Å². The van der Waals surface area contributed by atoms with Gasteiger partial charge in [-0.25, -0.2) is 0 Å². The van der Waals surface area contributed by atoms with Gasteiger partial charge in [-0.05, 0) is 28.7 Å². The topological polar surface area (TPSA) is 113 Å². The number of aliphatic hydroxyl groups is 1. The summed E-state index contributed by atoms with van der Waals surface area (Å²) >= 11 is 0. The molecule has 2 aromatic carbocycles. The molecule has 2 aromatic rings. The van der Waals surface area contributed by atoms with E-state index in [2.05, 4.69) is 31.2 Å². The van der Waals surface area contributed by atoms with Gasteiger partial charge >= 0.3 is 0 Å². The average Bonchev–Trinajstić information content (AvgIpc) is 3.34. The molecule has 1 N–H and O–H groups in total. The number of imide groups is 1. The summed E-state index contributed by atoms with van der Waals surface area (Å²) in [4.78, 5) is 29.6. The molecule has 6 rings (SSSR count). The van der Waals surface area contributed by atoms with Gasteiger partial charge in [-0.1, -0.05) is 68.3 Å². The van der Waals surface area contributed by atoms with Gasteiger partial charge in [-0.15, -0.1) is 0 Å². The molecule has 3 aliphatic carbocycles. The van der Waals surface area contributed by atoms with Crippen LogP contribution < -0.4 is 0 Å². The summed E-state index contributed by atoms with van der Waals surface area (Å²) in [5.74, 6) is -1.11. The lowest BCUT2D eigenvalue weighted by Gasteiger charge is -2.54. The monoisotopic (exact) mass is 639 g/mol. The van der Waals surface area contributed by atoms with E-state index in [4.69, 9.17) is 33.5 Å². The van der Waals surface area contributed by atoms with E-state index < -0.39 is 17.3 Å². The van der Waals surface area contributed by atoms with Gasteiger partial charge in [-0.3, -0.25) is 14.5 Å². The van der Waals surface area contributed by atoms with Crippen LogP contribution >= 0.6 is 0 Å². The minimum absolute atomic E-state index is 0.0140. The molecule has 0 aromatic heterocycles. The van der Waals surface area contributed by atoms with Crippen molar-refractivity contribution in [3.8, 4) is 0 Å². The Balaban J connectivity index is 1.11. The summed E-state index contributed by atoms with van der Waals surface area (Å²) in [6.07, 6.45) is 2.85. The third-order valence-electron chi connectivity index (χ3n) is 9.30. The molecule has 10 heteroatoms. The third kappa shape index (κ3) is 7.39. The molecule has 1 aliphatic heterocycles. The van der Waals surface area contributed by atoms with Crippen LogP contribution in [0.2, 0.25) is 0 Å². The number of rotatable bonds is 23. The van der Waals surface area contributed by atoms with E-state index in [9.17, 15) is 9.59 Å². The molecule has 0 saturated carbocycles. The van der Waals surface area contributed by atoms with E-state index in [1.54, 1.807) is 4.90 Å². The van der Waals surface area contributed by atoms with Gasteiger partial charge in [0.2, 0.25) is 11.8 Å². The number of likely N-dealkylation sites (tertiary alicyclic amines) is 1. The number of aliphatic hydroxyl groups excluding tert-OH is 1. The van der Waals surface area contributed by atoms with Crippen molar-refractivity contribution < 1.29 is 43.1 Å². The number of amides is 2. The lowest BCUT2D eigenvalue weighted by molar-refractivity contribution is -0.140. The smallest absolute Gasteiger partial charge is 0.234 e. The number of carbonyl (C=O) groups is 2. The van der Waals surface area contributed by atoms with Crippen molar-refractivity contribution in [3.05, 3.63) is 70.8 Å². The number of carbonyl (C=O) groups excluding carboxylic acids is 2. The quantitative estimate of drug-likeness (QED) is 0.145. The highest BCUT2D eigenvalue weighted by Crippen LogP contribution is 2.64. The molecule has 1 saturated heterocycles. The van der Waals surface area contributed by atoms with Crippen molar-refractivity contribution in [3.63, 3.8) is 0 Å². The largest absolute Gasteiger partial charge is 0.394 e. The normalized spacial score (nSPS) is 22.7. The van der Waals surface area contributed by atoms with Gasteiger partial charge in [0.15, 0.2) is 0 Å². The molecule has 2 atom stereocenters. The van der Waals surface area contributed by atoms with Crippen LogP contribution in [0.25, 0.3) is 0 Å². The zero-order valence-corrected chi connectivity index (χ0v) is 27.0. The molecule has 46 heavy (non-hydrogen) atoms. The zero-order chi connectivity index (χ0) is 32.2. The summed E-state index contributed by atoms with van der Waals surface area (Å²) in [6, 6.07) is 16.6. The first-order chi connectivity index (χ1) is 22.7. The Morgan fingerprint density at radius 3 is 1.63 bits per heavy atom. The second-order valence-corrected chi connectivity index (χ2v) is 12.0. The van der Waals surface area contributed by atoms with Crippen LogP contribution in [0.3, 0.4) is 0 Å². The predicted octanol–water partition coefficient (Wildman–Crippen LogP) is 3.31. The summed E-state index contributed by atoms with van der Waals surface area (Å²) in [6.45, 7) is 7.70. The van der Waals surface area contributed by atoms with Crippen molar-refractivity contribution in [1.29, 1.82) is 0 Å². The van der Waals surface area contributed by atoms with Crippen LogP contribution in [0.15, 0.2) is 48.5 Å². The number of hydrogen-bond acceptors (Lipinski definition) is 9. The van der Waals surface area contributed by atoms with E-state index in [1.807, 2.05) is 24.3 Å². The fourth-order valence-electron chi connectivity index (χ4n) is 7.37. The molecule has 1 heterocycles. The van der Waals surface area contributed by atoms with Crippen LogP contribution in [0.4, 0.5) is 0 Å². The first kappa shape index (κ1) is 34.6. The van der Waals surface area contributed by atoms with E-state index in [0.717, 1.165) is 41.5 Å². The Bertz CT molecular complexity index is 1220. The molecule has 10 nitrogen and oxygen atoms in total. The highest BCUT2D eigenvalue weighted by Gasteiger charge is 2.67. The van der Waals surface area contributed by atoms with Crippen LogP contribution in [0, 0.1) is 11.8 Å². The maximum absolute atomic E-state index is 14.1.